The van der Waals surface area contributed by atoms with Crippen LogP contribution in [-0.2, 0) is 6.54 Å². The zero-order valence-corrected chi connectivity index (χ0v) is 18.1. The summed E-state index contributed by atoms with van der Waals surface area (Å²) in [6.45, 7) is 4.49. The molecule has 1 heterocycles. The van der Waals surface area contributed by atoms with Gasteiger partial charge in [-0.2, -0.15) is 0 Å². The number of nitrogens with one attached hydrogen (secondary N) is 1. The maximum Gasteiger partial charge on any atom is 0.261 e. The van der Waals surface area contributed by atoms with Gasteiger partial charge in [0.05, 0.1) is 23.5 Å². The molecule has 3 rings (SSSR count). The Morgan fingerprint density at radius 1 is 1.17 bits per heavy atom. The normalized spacial score (nSPS) is 12.6. The van der Waals surface area contributed by atoms with Crippen LogP contribution in [0.2, 0.25) is 5.02 Å². The van der Waals surface area contributed by atoms with Crippen LogP contribution in [0.1, 0.15) is 37.2 Å². The van der Waals surface area contributed by atoms with Gasteiger partial charge in [-0.15, -0.1) is 0 Å². The fourth-order valence-electron chi connectivity index (χ4n) is 3.49. The first-order chi connectivity index (χ1) is 14.0. The molecule has 0 saturated heterocycles. The van der Waals surface area contributed by atoms with Crippen LogP contribution < -0.4 is 10.9 Å². The summed E-state index contributed by atoms with van der Waals surface area (Å²) in [5.41, 5.74) is 1.70. The van der Waals surface area contributed by atoms with Crippen molar-refractivity contribution in [2.75, 3.05) is 27.2 Å². The van der Waals surface area contributed by atoms with E-state index in [2.05, 4.69) is 31.2 Å². The summed E-state index contributed by atoms with van der Waals surface area (Å²) >= 11 is 6.17. The Kier molecular flexibility index (Phi) is 7.42. The molecule has 0 amide bonds. The van der Waals surface area contributed by atoms with Gasteiger partial charge in [0, 0.05) is 5.02 Å². The van der Waals surface area contributed by atoms with Gasteiger partial charge in [-0.25, -0.2) is 4.98 Å². The number of fused-ring (bicyclic) bond motifs is 1. The van der Waals surface area contributed by atoms with Gasteiger partial charge < -0.3 is 10.2 Å². The lowest BCUT2D eigenvalue weighted by molar-refractivity contribution is 0.380. The van der Waals surface area contributed by atoms with Crippen molar-refractivity contribution in [2.45, 2.75) is 32.4 Å². The molecule has 0 unspecified atom stereocenters. The third-order valence-electron chi connectivity index (χ3n) is 5.02. The highest BCUT2D eigenvalue weighted by Crippen LogP contribution is 2.20. The fourth-order valence-corrected chi connectivity index (χ4v) is 3.65. The van der Waals surface area contributed by atoms with Crippen LogP contribution in [0.15, 0.2) is 53.3 Å². The van der Waals surface area contributed by atoms with Gasteiger partial charge in [0.25, 0.3) is 5.56 Å². The van der Waals surface area contributed by atoms with Crippen molar-refractivity contribution in [3.8, 4) is 0 Å². The fraction of sp³-hybridized carbons (Fsp3) is 0.391. The summed E-state index contributed by atoms with van der Waals surface area (Å²) in [6, 6.07) is 15.3. The van der Waals surface area contributed by atoms with Crippen LogP contribution in [0.4, 0.5) is 0 Å². The summed E-state index contributed by atoms with van der Waals surface area (Å²) in [5.74, 6) is 0.765. The minimum absolute atomic E-state index is 0.00282. The van der Waals surface area contributed by atoms with Gasteiger partial charge in [-0.05, 0) is 63.8 Å². The van der Waals surface area contributed by atoms with E-state index in [4.69, 9.17) is 16.6 Å². The van der Waals surface area contributed by atoms with Crippen molar-refractivity contribution in [2.24, 2.45) is 0 Å². The number of aromatic nitrogens is 2. The third-order valence-corrected chi connectivity index (χ3v) is 5.26. The third kappa shape index (κ3) is 5.44. The Labute approximate surface area is 177 Å². The first kappa shape index (κ1) is 21.5. The Hall–Kier alpha value is -2.21. The molecule has 1 atom stereocenters. The maximum absolute atomic E-state index is 13.4. The van der Waals surface area contributed by atoms with E-state index >= 15 is 0 Å². The molecule has 0 fully saturated rings. The Balaban J connectivity index is 2.01. The summed E-state index contributed by atoms with van der Waals surface area (Å²) < 4.78 is 1.80. The highest BCUT2D eigenvalue weighted by atomic mass is 35.5. The molecule has 6 heteroatoms. The molecule has 0 radical (unpaired) electrons. The van der Waals surface area contributed by atoms with Crippen molar-refractivity contribution in [3.63, 3.8) is 0 Å². The number of hydrogen-bond acceptors (Lipinski definition) is 4. The standard InChI is InChI=1S/C23H29ClN4O/c1-4-20(25-13-8-14-27(2)3)22-26-21-15-18(24)11-12-19(21)23(29)28(22)16-17-9-6-5-7-10-17/h5-7,9-12,15,20,25H,4,8,13-14,16H2,1-3H3/t20-/m0/s1. The van der Waals surface area contributed by atoms with E-state index in [0.717, 1.165) is 37.3 Å². The van der Waals surface area contributed by atoms with Crippen LogP contribution in [0, 0.1) is 0 Å². The van der Waals surface area contributed by atoms with Crippen LogP contribution in [-0.4, -0.2) is 41.6 Å². The molecule has 0 aliphatic rings. The van der Waals surface area contributed by atoms with Crippen LogP contribution in [0.25, 0.3) is 10.9 Å². The lowest BCUT2D eigenvalue weighted by Crippen LogP contribution is -2.33. The number of halogens is 1. The quantitative estimate of drug-likeness (QED) is 0.538. The largest absolute Gasteiger partial charge is 0.309 e. The number of nitrogens with zero attached hydrogens (tertiary/aromatic N) is 3. The SMILES string of the molecule is CC[C@H](NCCCN(C)C)c1nc2cc(Cl)ccc2c(=O)n1Cc1ccccc1. The first-order valence-corrected chi connectivity index (χ1v) is 10.5. The minimum Gasteiger partial charge on any atom is -0.309 e. The van der Waals surface area contributed by atoms with E-state index in [-0.39, 0.29) is 11.6 Å². The lowest BCUT2D eigenvalue weighted by atomic mass is 10.1. The van der Waals surface area contributed by atoms with E-state index in [1.54, 1.807) is 22.8 Å². The predicted molar refractivity (Wildman–Crippen MR) is 121 cm³/mol. The van der Waals surface area contributed by atoms with Crippen LogP contribution >= 0.6 is 11.6 Å². The second-order valence-electron chi connectivity index (χ2n) is 7.58. The highest BCUT2D eigenvalue weighted by molar-refractivity contribution is 6.31. The number of benzene rings is 2. The van der Waals surface area contributed by atoms with Crippen molar-refractivity contribution in [1.29, 1.82) is 0 Å². The molecule has 0 spiro atoms. The smallest absolute Gasteiger partial charge is 0.261 e. The van der Waals surface area contributed by atoms with E-state index < -0.39 is 0 Å². The lowest BCUT2D eigenvalue weighted by Gasteiger charge is -2.22. The molecule has 5 nitrogen and oxygen atoms in total. The molecule has 1 aromatic heterocycles. The van der Waals surface area contributed by atoms with Crippen LogP contribution in [0.5, 0.6) is 0 Å². The molecule has 29 heavy (non-hydrogen) atoms. The van der Waals surface area contributed by atoms with Gasteiger partial charge in [0.1, 0.15) is 5.82 Å². The van der Waals surface area contributed by atoms with Gasteiger partial charge in [0.2, 0.25) is 0 Å². The first-order valence-electron chi connectivity index (χ1n) is 10.1. The molecular weight excluding hydrogens is 384 g/mol. The van der Waals surface area contributed by atoms with Crippen LogP contribution in [0.3, 0.4) is 0 Å². The van der Waals surface area contributed by atoms with E-state index in [1.807, 2.05) is 30.3 Å². The topological polar surface area (TPSA) is 50.2 Å². The Morgan fingerprint density at radius 3 is 2.62 bits per heavy atom. The van der Waals surface area contributed by atoms with Gasteiger partial charge in [0.15, 0.2) is 0 Å². The summed E-state index contributed by atoms with van der Waals surface area (Å²) in [5, 5.41) is 4.77. The van der Waals surface area contributed by atoms with Crippen molar-refractivity contribution < 1.29 is 0 Å². The van der Waals surface area contributed by atoms with Crippen molar-refractivity contribution in [3.05, 3.63) is 75.3 Å². The Morgan fingerprint density at radius 2 is 1.93 bits per heavy atom. The van der Waals surface area contributed by atoms with E-state index in [0.29, 0.717) is 22.5 Å². The number of hydrogen-bond donors (Lipinski definition) is 1. The van der Waals surface area contributed by atoms with Crippen molar-refractivity contribution >= 4 is 22.5 Å². The monoisotopic (exact) mass is 412 g/mol. The Bertz CT molecular complexity index is 1000. The average molecular weight is 413 g/mol. The minimum atomic E-state index is -0.0286. The molecule has 3 aromatic rings. The summed E-state index contributed by atoms with van der Waals surface area (Å²) in [7, 11) is 4.15. The van der Waals surface area contributed by atoms with E-state index in [1.165, 1.54) is 0 Å². The van der Waals surface area contributed by atoms with Gasteiger partial charge >= 0.3 is 0 Å². The molecule has 1 N–H and O–H groups in total. The van der Waals surface area contributed by atoms with E-state index in [9.17, 15) is 4.79 Å². The van der Waals surface area contributed by atoms with Crippen molar-refractivity contribution in [1.82, 2.24) is 19.8 Å². The second kappa shape index (κ2) is 10.0. The summed E-state index contributed by atoms with van der Waals surface area (Å²) in [4.78, 5) is 20.4. The molecule has 0 aliphatic carbocycles. The molecule has 2 aromatic carbocycles. The molecular formula is C23H29ClN4O. The zero-order chi connectivity index (χ0) is 20.8. The average Bonchev–Trinajstić information content (AvgIpc) is 2.71. The van der Waals surface area contributed by atoms with Gasteiger partial charge in [-0.1, -0.05) is 48.9 Å². The molecule has 154 valence electrons. The molecule has 0 aliphatic heterocycles. The highest BCUT2D eigenvalue weighted by Gasteiger charge is 2.19. The van der Waals surface area contributed by atoms with Gasteiger partial charge in [-0.3, -0.25) is 9.36 Å². The zero-order valence-electron chi connectivity index (χ0n) is 17.4. The summed E-state index contributed by atoms with van der Waals surface area (Å²) in [6.07, 6.45) is 1.88. The number of rotatable bonds is 9. The molecule has 0 saturated carbocycles. The predicted octanol–water partition coefficient (Wildman–Crippen LogP) is 4.09. The second-order valence-corrected chi connectivity index (χ2v) is 8.02. The maximum atomic E-state index is 13.4. The molecule has 0 bridgehead atoms.